The van der Waals surface area contributed by atoms with Crippen LogP contribution in [0.4, 0.5) is 13.2 Å². The Kier molecular flexibility index (Phi) is 3.37. The van der Waals surface area contributed by atoms with Crippen molar-refractivity contribution in [3.63, 3.8) is 0 Å². The summed E-state index contributed by atoms with van der Waals surface area (Å²) in [5.74, 6) is -2.37. The molecule has 0 atom stereocenters. The summed E-state index contributed by atoms with van der Waals surface area (Å²) in [7, 11) is 0. The van der Waals surface area contributed by atoms with Crippen molar-refractivity contribution in [2.24, 2.45) is 0 Å². The lowest BCUT2D eigenvalue weighted by Crippen LogP contribution is -2.49. The van der Waals surface area contributed by atoms with Gasteiger partial charge in [-0.1, -0.05) is 12.1 Å². The van der Waals surface area contributed by atoms with E-state index in [1.165, 1.54) is 25.1 Å². The average molecular weight is 298 g/mol. The van der Waals surface area contributed by atoms with Crippen molar-refractivity contribution in [1.29, 1.82) is 0 Å². The molecule has 1 saturated carbocycles. The second kappa shape index (κ2) is 4.85. The van der Waals surface area contributed by atoms with E-state index >= 15 is 0 Å². The molecule has 0 amide bonds. The number of hydrogen-bond acceptors (Lipinski definition) is 2. The molecule has 2 nitrogen and oxygen atoms in total. The molecule has 0 heterocycles. The van der Waals surface area contributed by atoms with Crippen molar-refractivity contribution in [2.75, 3.05) is 0 Å². The topological polar surface area (TPSA) is 29.5 Å². The van der Waals surface area contributed by atoms with Crippen LogP contribution in [-0.2, 0) is 11.3 Å². The molecule has 3 aliphatic rings. The molecular weight excluding hydrogens is 281 g/mol. The monoisotopic (exact) mass is 298 g/mol. The summed E-state index contributed by atoms with van der Waals surface area (Å²) in [6.07, 6.45) is 2.84. The van der Waals surface area contributed by atoms with Crippen LogP contribution in [0.2, 0.25) is 0 Å². The molecule has 0 aromatic heterocycles. The van der Waals surface area contributed by atoms with Gasteiger partial charge in [0.15, 0.2) is 11.6 Å². The Morgan fingerprint density at radius 1 is 1.10 bits per heavy atom. The molecule has 5 heteroatoms. The van der Waals surface area contributed by atoms with E-state index in [4.69, 9.17) is 4.74 Å². The Balaban J connectivity index is 1.79. The van der Waals surface area contributed by atoms with Crippen LogP contribution < -0.4 is 0 Å². The molecule has 1 aromatic rings. The van der Waals surface area contributed by atoms with Gasteiger partial charge in [-0.05, 0) is 44.2 Å². The summed E-state index contributed by atoms with van der Waals surface area (Å²) >= 11 is 0. The van der Waals surface area contributed by atoms with E-state index in [0.717, 1.165) is 0 Å². The highest BCUT2D eigenvalue weighted by Gasteiger charge is 2.49. The highest BCUT2D eigenvalue weighted by molar-refractivity contribution is 5.27. The molecule has 0 aliphatic heterocycles. The molecule has 114 valence electrons. The van der Waals surface area contributed by atoms with Gasteiger partial charge in [0, 0.05) is 5.56 Å². The maximum Gasteiger partial charge on any atom is 0.164 e. The average Bonchev–Trinajstić information content (AvgIpc) is 2.46. The van der Waals surface area contributed by atoms with Gasteiger partial charge in [0.05, 0.1) is 12.2 Å². The summed E-state index contributed by atoms with van der Waals surface area (Å²) in [5.41, 5.74) is -1.82. The Morgan fingerprint density at radius 3 is 2.38 bits per heavy atom. The third-order valence-electron chi connectivity index (χ3n) is 4.63. The third kappa shape index (κ3) is 2.38. The maximum atomic E-state index is 13.8. The van der Waals surface area contributed by atoms with Gasteiger partial charge in [-0.2, -0.15) is 0 Å². The summed E-state index contributed by atoms with van der Waals surface area (Å²) in [4.78, 5) is 0. The zero-order chi connectivity index (χ0) is 15.3. The van der Waals surface area contributed by atoms with Crippen molar-refractivity contribution in [1.82, 2.24) is 0 Å². The summed E-state index contributed by atoms with van der Waals surface area (Å²) in [6.45, 7) is 1.37. The largest absolute Gasteiger partial charge is 0.383 e. The number of benzene rings is 1. The fourth-order valence-corrected chi connectivity index (χ4v) is 3.04. The van der Waals surface area contributed by atoms with Gasteiger partial charge in [0.25, 0.3) is 0 Å². The molecule has 4 rings (SSSR count). The molecule has 0 unspecified atom stereocenters. The molecule has 1 aromatic carbocycles. The zero-order valence-corrected chi connectivity index (χ0v) is 11.8. The molecule has 3 aliphatic carbocycles. The number of aryl methyl sites for hydroxylation is 1. The Morgan fingerprint density at radius 2 is 1.76 bits per heavy atom. The van der Waals surface area contributed by atoms with Crippen molar-refractivity contribution in [3.05, 3.63) is 46.8 Å². The van der Waals surface area contributed by atoms with Crippen molar-refractivity contribution in [3.8, 4) is 0 Å². The molecular formula is C16H17F3O2. The molecule has 2 bridgehead atoms. The summed E-state index contributed by atoms with van der Waals surface area (Å²) < 4.78 is 46.9. The summed E-state index contributed by atoms with van der Waals surface area (Å²) in [5, 5.41) is 9.99. The number of rotatable bonds is 3. The first-order chi connectivity index (χ1) is 9.85. The Bertz CT molecular complexity index is 602. The highest BCUT2D eigenvalue weighted by Crippen LogP contribution is 2.48. The lowest BCUT2D eigenvalue weighted by atomic mass is 9.69. The predicted octanol–water partition coefficient (Wildman–Crippen LogP) is 3.70. The predicted molar refractivity (Wildman–Crippen MR) is 71.2 cm³/mol. The first-order valence-corrected chi connectivity index (χ1v) is 7.04. The lowest BCUT2D eigenvalue weighted by molar-refractivity contribution is -0.112. The van der Waals surface area contributed by atoms with Gasteiger partial charge in [-0.3, -0.25) is 0 Å². The normalized spacial score (nSPS) is 31.4. The molecule has 1 fully saturated rings. The Hall–Kier alpha value is -1.33. The Labute approximate surface area is 121 Å². The molecule has 1 N–H and O–H groups in total. The van der Waals surface area contributed by atoms with Crippen LogP contribution in [0.15, 0.2) is 24.0 Å². The molecule has 0 radical (unpaired) electrons. The third-order valence-corrected chi connectivity index (χ3v) is 4.63. The van der Waals surface area contributed by atoms with E-state index in [9.17, 15) is 18.3 Å². The van der Waals surface area contributed by atoms with E-state index in [2.05, 4.69) is 0 Å². The van der Waals surface area contributed by atoms with Crippen LogP contribution in [-0.4, -0.2) is 16.3 Å². The van der Waals surface area contributed by atoms with E-state index in [1.54, 1.807) is 0 Å². The number of fused-ring (bicyclic) bond motifs is 2. The quantitative estimate of drug-likeness (QED) is 0.922. The fraction of sp³-hybridized carbons (Fsp3) is 0.500. The highest BCUT2D eigenvalue weighted by atomic mass is 19.2. The number of aliphatic hydroxyl groups is 1. The number of hydrogen-bond donors (Lipinski definition) is 1. The van der Waals surface area contributed by atoms with E-state index in [0.29, 0.717) is 25.7 Å². The van der Waals surface area contributed by atoms with Gasteiger partial charge < -0.3 is 9.84 Å². The van der Waals surface area contributed by atoms with Crippen LogP contribution in [0.1, 0.15) is 36.8 Å². The minimum absolute atomic E-state index is 0.118. The van der Waals surface area contributed by atoms with Crippen molar-refractivity contribution >= 4 is 0 Å². The van der Waals surface area contributed by atoms with Crippen LogP contribution in [0.3, 0.4) is 0 Å². The van der Waals surface area contributed by atoms with Gasteiger partial charge >= 0.3 is 0 Å². The van der Waals surface area contributed by atoms with Gasteiger partial charge in [0.1, 0.15) is 11.4 Å². The maximum absolute atomic E-state index is 13.8. The first kappa shape index (κ1) is 14.6. The van der Waals surface area contributed by atoms with Crippen LogP contribution >= 0.6 is 0 Å². The minimum atomic E-state index is -1.35. The fourth-order valence-electron chi connectivity index (χ4n) is 3.04. The van der Waals surface area contributed by atoms with E-state index < -0.39 is 28.7 Å². The molecule has 0 spiro atoms. The first-order valence-electron chi connectivity index (χ1n) is 7.04. The smallest absolute Gasteiger partial charge is 0.164 e. The number of halogens is 3. The molecule has 0 saturated heterocycles. The van der Waals surface area contributed by atoms with Gasteiger partial charge in [0.2, 0.25) is 0 Å². The molecule has 21 heavy (non-hydrogen) atoms. The SMILES string of the molecule is Cc1ccc(COC23C=C(F)C(O)(CC2)CC3)c(F)c1F. The number of ether oxygens (including phenoxy) is 1. The zero-order valence-electron chi connectivity index (χ0n) is 11.8. The summed E-state index contributed by atoms with van der Waals surface area (Å²) in [6, 6.07) is 2.97. The van der Waals surface area contributed by atoms with Crippen molar-refractivity contribution < 1.29 is 23.0 Å². The minimum Gasteiger partial charge on any atom is -0.383 e. The van der Waals surface area contributed by atoms with Crippen LogP contribution in [0.25, 0.3) is 0 Å². The van der Waals surface area contributed by atoms with E-state index in [-0.39, 0.29) is 17.7 Å². The van der Waals surface area contributed by atoms with Gasteiger partial charge in [-0.25, -0.2) is 13.2 Å². The second-order valence-electron chi connectivity index (χ2n) is 6.05. The van der Waals surface area contributed by atoms with Crippen molar-refractivity contribution in [2.45, 2.75) is 50.4 Å². The van der Waals surface area contributed by atoms with Crippen LogP contribution in [0.5, 0.6) is 0 Å². The van der Waals surface area contributed by atoms with Gasteiger partial charge in [-0.15, -0.1) is 0 Å². The van der Waals surface area contributed by atoms with E-state index in [1.807, 2.05) is 0 Å². The second-order valence-corrected chi connectivity index (χ2v) is 6.05. The standard InChI is InChI=1S/C16H17F3O2/c1-10-2-3-11(14(19)13(10)18)9-21-15-4-6-16(20,7-5-15)12(17)8-15/h2-3,8,20H,4-7,9H2,1H3. The van der Waals surface area contributed by atoms with Crippen LogP contribution in [0, 0.1) is 18.6 Å². The lowest BCUT2D eigenvalue weighted by Gasteiger charge is -2.46.